The summed E-state index contributed by atoms with van der Waals surface area (Å²) in [6.45, 7) is 0. The summed E-state index contributed by atoms with van der Waals surface area (Å²) in [4.78, 5) is 9.97. The zero-order valence-electron chi connectivity index (χ0n) is 11.1. The molecular formula is C17H14O4. The van der Waals surface area contributed by atoms with Gasteiger partial charge in [0.1, 0.15) is 11.5 Å². The molecule has 3 aromatic carbocycles. The maximum absolute atomic E-state index is 9.97. The third-order valence-corrected chi connectivity index (χ3v) is 2.70. The van der Waals surface area contributed by atoms with Crippen molar-refractivity contribution in [3.05, 3.63) is 72.8 Å². The van der Waals surface area contributed by atoms with Crippen molar-refractivity contribution in [3.8, 4) is 11.5 Å². The summed E-state index contributed by atoms with van der Waals surface area (Å²) < 4.78 is 4.27. The maximum atomic E-state index is 9.97. The van der Waals surface area contributed by atoms with E-state index in [1.807, 2.05) is 0 Å². The second-order valence-electron chi connectivity index (χ2n) is 4.21. The Morgan fingerprint density at radius 2 is 1.19 bits per heavy atom. The first-order chi connectivity index (χ1) is 10.1. The molecule has 4 nitrogen and oxygen atoms in total. The largest absolute Gasteiger partial charge is 0.511 e. The summed E-state index contributed by atoms with van der Waals surface area (Å²) in [6, 6.07) is 22.1. The molecule has 0 atom stereocenters. The van der Waals surface area contributed by atoms with Crippen LogP contribution in [-0.2, 0) is 0 Å². The molecule has 0 unspecified atom stereocenters. The van der Waals surface area contributed by atoms with Gasteiger partial charge < -0.3 is 14.9 Å². The van der Waals surface area contributed by atoms with Crippen LogP contribution >= 0.6 is 0 Å². The molecule has 0 radical (unpaired) electrons. The van der Waals surface area contributed by atoms with Crippen LogP contribution in [0.25, 0.3) is 10.8 Å². The summed E-state index contributed by atoms with van der Waals surface area (Å²) in [7, 11) is 0. The van der Waals surface area contributed by atoms with E-state index in [9.17, 15) is 4.79 Å². The number of hydrogen-bond acceptors (Lipinski definition) is 3. The SMILES string of the molecule is O=C(O)Oc1ccc(O)cc1.c1ccc2ccccc2c1. The van der Waals surface area contributed by atoms with E-state index >= 15 is 0 Å². The Kier molecular flexibility index (Phi) is 4.77. The van der Waals surface area contributed by atoms with Crippen molar-refractivity contribution < 1.29 is 19.7 Å². The molecule has 0 saturated carbocycles. The van der Waals surface area contributed by atoms with Crippen molar-refractivity contribution in [3.63, 3.8) is 0 Å². The molecular weight excluding hydrogens is 268 g/mol. The highest BCUT2D eigenvalue weighted by Gasteiger charge is 1.98. The summed E-state index contributed by atoms with van der Waals surface area (Å²) in [5.41, 5.74) is 0. The van der Waals surface area contributed by atoms with Crippen LogP contribution in [0.15, 0.2) is 72.8 Å². The quantitative estimate of drug-likeness (QED) is 0.516. The molecule has 0 aliphatic carbocycles. The number of ether oxygens (including phenoxy) is 1. The number of carboxylic acid groups (broad SMARTS) is 1. The number of hydrogen-bond donors (Lipinski definition) is 2. The van der Waals surface area contributed by atoms with Crippen molar-refractivity contribution in [2.24, 2.45) is 0 Å². The van der Waals surface area contributed by atoms with E-state index in [-0.39, 0.29) is 11.5 Å². The minimum atomic E-state index is -1.37. The zero-order chi connectivity index (χ0) is 15.1. The van der Waals surface area contributed by atoms with Crippen LogP contribution in [0.5, 0.6) is 11.5 Å². The zero-order valence-corrected chi connectivity index (χ0v) is 11.1. The van der Waals surface area contributed by atoms with Gasteiger partial charge in [0.05, 0.1) is 0 Å². The van der Waals surface area contributed by atoms with Crippen molar-refractivity contribution in [2.75, 3.05) is 0 Å². The molecule has 0 saturated heterocycles. The normalized spacial score (nSPS) is 9.52. The average molecular weight is 282 g/mol. The van der Waals surface area contributed by atoms with Gasteiger partial charge in [-0.25, -0.2) is 4.79 Å². The standard InChI is InChI=1S/C10H8.C7H6O4/c1-2-6-10-8-4-3-7-9(10)5-1;8-5-1-3-6(4-2-5)11-7(9)10/h1-8H;1-4,8H,(H,9,10). The van der Waals surface area contributed by atoms with Gasteiger partial charge in [-0.15, -0.1) is 0 Å². The predicted molar refractivity (Wildman–Crippen MR) is 80.7 cm³/mol. The smallest absolute Gasteiger partial charge is 0.508 e. The van der Waals surface area contributed by atoms with Crippen molar-refractivity contribution >= 4 is 16.9 Å². The van der Waals surface area contributed by atoms with Gasteiger partial charge in [0.25, 0.3) is 0 Å². The highest BCUT2D eigenvalue weighted by atomic mass is 16.7. The molecule has 0 heterocycles. The predicted octanol–water partition coefficient (Wildman–Crippen LogP) is 4.29. The second-order valence-corrected chi connectivity index (χ2v) is 4.21. The van der Waals surface area contributed by atoms with Gasteiger partial charge in [0.2, 0.25) is 0 Å². The summed E-state index contributed by atoms with van der Waals surface area (Å²) in [5.74, 6) is 0.262. The van der Waals surface area contributed by atoms with Crippen LogP contribution in [0, 0.1) is 0 Å². The Morgan fingerprint density at radius 3 is 1.57 bits per heavy atom. The molecule has 3 aromatic rings. The van der Waals surface area contributed by atoms with Crippen molar-refractivity contribution in [1.82, 2.24) is 0 Å². The average Bonchev–Trinajstić information content (AvgIpc) is 2.50. The van der Waals surface area contributed by atoms with Gasteiger partial charge in [0, 0.05) is 0 Å². The lowest BCUT2D eigenvalue weighted by Crippen LogP contribution is -2.02. The van der Waals surface area contributed by atoms with Crippen molar-refractivity contribution in [1.29, 1.82) is 0 Å². The number of phenolic OH excluding ortho intramolecular Hbond substituents is 1. The van der Waals surface area contributed by atoms with Crippen LogP contribution in [-0.4, -0.2) is 16.4 Å². The van der Waals surface area contributed by atoms with Gasteiger partial charge in [-0.1, -0.05) is 48.5 Å². The fraction of sp³-hybridized carbons (Fsp3) is 0. The highest BCUT2D eigenvalue weighted by Crippen LogP contribution is 2.15. The lowest BCUT2D eigenvalue weighted by molar-refractivity contribution is 0.144. The monoisotopic (exact) mass is 282 g/mol. The summed E-state index contributed by atoms with van der Waals surface area (Å²) in [6.07, 6.45) is -1.37. The molecule has 0 aromatic heterocycles. The maximum Gasteiger partial charge on any atom is 0.511 e. The highest BCUT2D eigenvalue weighted by molar-refractivity contribution is 5.82. The third kappa shape index (κ3) is 4.54. The van der Waals surface area contributed by atoms with Gasteiger partial charge in [-0.2, -0.15) is 0 Å². The van der Waals surface area contributed by atoms with Gasteiger partial charge in [-0.3, -0.25) is 0 Å². The van der Waals surface area contributed by atoms with Crippen LogP contribution < -0.4 is 4.74 Å². The Hall–Kier alpha value is -3.01. The second kappa shape index (κ2) is 6.96. The molecule has 4 heteroatoms. The Balaban J connectivity index is 0.000000154. The molecule has 106 valence electrons. The summed E-state index contributed by atoms with van der Waals surface area (Å²) >= 11 is 0. The Morgan fingerprint density at radius 1 is 0.762 bits per heavy atom. The van der Waals surface area contributed by atoms with Gasteiger partial charge >= 0.3 is 6.16 Å². The molecule has 0 spiro atoms. The van der Waals surface area contributed by atoms with E-state index in [0.29, 0.717) is 0 Å². The number of benzene rings is 3. The Labute approximate surface area is 121 Å². The topological polar surface area (TPSA) is 66.8 Å². The molecule has 21 heavy (non-hydrogen) atoms. The fourth-order valence-corrected chi connectivity index (χ4v) is 1.75. The first-order valence-corrected chi connectivity index (χ1v) is 6.29. The molecule has 0 bridgehead atoms. The van der Waals surface area contributed by atoms with E-state index in [4.69, 9.17) is 10.2 Å². The first-order valence-electron chi connectivity index (χ1n) is 6.29. The summed E-state index contributed by atoms with van der Waals surface area (Å²) in [5, 5.41) is 19.6. The Bertz CT molecular complexity index is 655. The van der Waals surface area contributed by atoms with E-state index < -0.39 is 6.16 Å². The first kappa shape index (κ1) is 14.4. The van der Waals surface area contributed by atoms with Gasteiger partial charge in [-0.05, 0) is 35.0 Å². The van der Waals surface area contributed by atoms with E-state index in [1.165, 1.54) is 35.0 Å². The van der Waals surface area contributed by atoms with E-state index in [1.54, 1.807) is 0 Å². The number of rotatable bonds is 1. The van der Waals surface area contributed by atoms with E-state index in [0.717, 1.165) is 0 Å². The van der Waals surface area contributed by atoms with Crippen LogP contribution in [0.2, 0.25) is 0 Å². The van der Waals surface area contributed by atoms with Crippen LogP contribution in [0.4, 0.5) is 4.79 Å². The lowest BCUT2D eigenvalue weighted by atomic mass is 10.1. The fourth-order valence-electron chi connectivity index (χ4n) is 1.75. The van der Waals surface area contributed by atoms with Crippen molar-refractivity contribution in [2.45, 2.75) is 0 Å². The number of carbonyl (C=O) groups is 1. The molecule has 3 rings (SSSR count). The van der Waals surface area contributed by atoms with E-state index in [2.05, 4.69) is 53.3 Å². The molecule has 0 amide bonds. The minimum Gasteiger partial charge on any atom is -0.508 e. The number of aromatic hydroxyl groups is 1. The van der Waals surface area contributed by atoms with Crippen LogP contribution in [0.1, 0.15) is 0 Å². The van der Waals surface area contributed by atoms with Crippen LogP contribution in [0.3, 0.4) is 0 Å². The molecule has 0 aliphatic heterocycles. The molecule has 0 fully saturated rings. The third-order valence-electron chi connectivity index (χ3n) is 2.70. The van der Waals surface area contributed by atoms with Gasteiger partial charge in [0.15, 0.2) is 0 Å². The number of phenols is 1. The molecule has 2 N–H and O–H groups in total. The minimum absolute atomic E-state index is 0.0720. The lowest BCUT2D eigenvalue weighted by Gasteiger charge is -1.97. The molecule has 0 aliphatic rings. The number of fused-ring (bicyclic) bond motifs is 1.